The van der Waals surface area contributed by atoms with Gasteiger partial charge in [-0.15, -0.1) is 0 Å². The Morgan fingerprint density at radius 2 is 1.70 bits per heavy atom. The number of ether oxygens (including phenoxy) is 2. The molecule has 0 saturated carbocycles. The van der Waals surface area contributed by atoms with Crippen molar-refractivity contribution in [1.29, 1.82) is 0 Å². The fourth-order valence-corrected chi connectivity index (χ4v) is 5.63. The standard InChI is InChI=1S/C26H21F3INO2/c27-18-12-22-24(23(13-18)33-15-16-4-2-1-3-5-16)25(30)26(17-8-10-32-11-9-17)31(22)19-6-7-20(28)21(29)14-19/h1-7,12-14,17H,8-11,15H2. The Balaban J connectivity index is 1.70. The summed E-state index contributed by atoms with van der Waals surface area (Å²) < 4.78 is 57.1. The van der Waals surface area contributed by atoms with Crippen molar-refractivity contribution < 1.29 is 22.6 Å². The summed E-state index contributed by atoms with van der Waals surface area (Å²) in [6, 6.07) is 16.3. The van der Waals surface area contributed by atoms with E-state index in [0.717, 1.165) is 45.2 Å². The van der Waals surface area contributed by atoms with Crippen LogP contribution in [0.1, 0.15) is 30.0 Å². The lowest BCUT2D eigenvalue weighted by Gasteiger charge is -2.24. The van der Waals surface area contributed by atoms with E-state index in [1.165, 1.54) is 18.2 Å². The number of benzene rings is 3. The van der Waals surface area contributed by atoms with Crippen molar-refractivity contribution in [3.63, 3.8) is 0 Å². The first kappa shape index (κ1) is 22.3. The van der Waals surface area contributed by atoms with Crippen molar-refractivity contribution in [2.45, 2.75) is 25.4 Å². The monoisotopic (exact) mass is 563 g/mol. The van der Waals surface area contributed by atoms with E-state index in [1.54, 1.807) is 0 Å². The average Bonchev–Trinajstić information content (AvgIpc) is 3.12. The van der Waals surface area contributed by atoms with E-state index in [9.17, 15) is 13.2 Å². The minimum absolute atomic E-state index is 0.135. The Morgan fingerprint density at radius 1 is 0.939 bits per heavy atom. The molecule has 0 N–H and O–H groups in total. The first-order valence-electron chi connectivity index (χ1n) is 10.8. The predicted molar refractivity (Wildman–Crippen MR) is 129 cm³/mol. The molecule has 170 valence electrons. The van der Waals surface area contributed by atoms with Gasteiger partial charge in [0.25, 0.3) is 0 Å². The summed E-state index contributed by atoms with van der Waals surface area (Å²) in [5.74, 6) is -1.76. The molecule has 7 heteroatoms. The van der Waals surface area contributed by atoms with Gasteiger partial charge in [-0.1, -0.05) is 30.3 Å². The first-order chi connectivity index (χ1) is 16.0. The molecule has 2 heterocycles. The molecule has 0 unspecified atom stereocenters. The van der Waals surface area contributed by atoms with Crippen LogP contribution in [0.3, 0.4) is 0 Å². The van der Waals surface area contributed by atoms with Gasteiger partial charge in [-0.05, 0) is 59.2 Å². The maximum absolute atomic E-state index is 14.8. The number of nitrogens with zero attached hydrogens (tertiary/aromatic N) is 1. The minimum Gasteiger partial charge on any atom is -0.488 e. The molecule has 0 aliphatic carbocycles. The van der Waals surface area contributed by atoms with E-state index in [-0.39, 0.29) is 5.92 Å². The molecule has 1 aromatic heterocycles. The largest absolute Gasteiger partial charge is 0.488 e. The molecule has 1 aliphatic rings. The lowest BCUT2D eigenvalue weighted by molar-refractivity contribution is 0.0841. The van der Waals surface area contributed by atoms with Gasteiger partial charge in [0, 0.05) is 46.2 Å². The molecule has 33 heavy (non-hydrogen) atoms. The lowest BCUT2D eigenvalue weighted by Crippen LogP contribution is -2.17. The van der Waals surface area contributed by atoms with E-state index in [2.05, 4.69) is 22.6 Å². The topological polar surface area (TPSA) is 23.4 Å². The van der Waals surface area contributed by atoms with Gasteiger partial charge in [-0.3, -0.25) is 0 Å². The average molecular weight is 563 g/mol. The van der Waals surface area contributed by atoms with Gasteiger partial charge in [0.15, 0.2) is 11.6 Å². The molecule has 0 spiro atoms. The third-order valence-electron chi connectivity index (χ3n) is 5.98. The summed E-state index contributed by atoms with van der Waals surface area (Å²) in [6.07, 6.45) is 1.58. The van der Waals surface area contributed by atoms with E-state index >= 15 is 0 Å². The van der Waals surface area contributed by atoms with Crippen molar-refractivity contribution in [3.8, 4) is 11.4 Å². The zero-order chi connectivity index (χ0) is 22.9. The molecule has 0 bridgehead atoms. The number of rotatable bonds is 5. The third-order valence-corrected chi connectivity index (χ3v) is 7.07. The summed E-state index contributed by atoms with van der Waals surface area (Å²) in [5.41, 5.74) is 2.92. The third kappa shape index (κ3) is 4.36. The van der Waals surface area contributed by atoms with Crippen LogP contribution in [-0.4, -0.2) is 17.8 Å². The minimum atomic E-state index is -0.945. The van der Waals surface area contributed by atoms with Crippen LogP contribution in [-0.2, 0) is 11.3 Å². The maximum Gasteiger partial charge on any atom is 0.160 e. The molecule has 0 radical (unpaired) electrons. The molecule has 3 nitrogen and oxygen atoms in total. The van der Waals surface area contributed by atoms with Crippen LogP contribution in [0.5, 0.6) is 5.75 Å². The summed E-state index contributed by atoms with van der Waals surface area (Å²) >= 11 is 2.26. The second-order valence-electron chi connectivity index (χ2n) is 8.09. The van der Waals surface area contributed by atoms with Gasteiger partial charge < -0.3 is 14.0 Å². The molecular weight excluding hydrogens is 542 g/mol. The molecule has 1 saturated heterocycles. The molecule has 4 aromatic rings. The first-order valence-corrected chi connectivity index (χ1v) is 11.8. The van der Waals surface area contributed by atoms with Crippen LogP contribution >= 0.6 is 22.6 Å². The molecule has 1 fully saturated rings. The van der Waals surface area contributed by atoms with Gasteiger partial charge in [0.2, 0.25) is 0 Å². The fraction of sp³-hybridized carbons (Fsp3) is 0.231. The van der Waals surface area contributed by atoms with Crippen molar-refractivity contribution in [2.75, 3.05) is 13.2 Å². The van der Waals surface area contributed by atoms with E-state index in [1.807, 2.05) is 34.9 Å². The zero-order valence-electron chi connectivity index (χ0n) is 17.7. The summed E-state index contributed by atoms with van der Waals surface area (Å²) in [6.45, 7) is 1.52. The Hall–Kier alpha value is -2.52. The highest BCUT2D eigenvalue weighted by atomic mass is 127. The van der Waals surface area contributed by atoms with Crippen molar-refractivity contribution in [3.05, 3.63) is 92.9 Å². The van der Waals surface area contributed by atoms with E-state index < -0.39 is 17.5 Å². The molecular formula is C26H21F3INO2. The van der Waals surface area contributed by atoms with Gasteiger partial charge in [0.05, 0.1) is 10.9 Å². The highest BCUT2D eigenvalue weighted by Crippen LogP contribution is 2.43. The van der Waals surface area contributed by atoms with Crippen LogP contribution in [0, 0.1) is 21.0 Å². The number of aromatic nitrogens is 1. The van der Waals surface area contributed by atoms with Crippen LogP contribution in [0.2, 0.25) is 0 Å². The Kier molecular flexibility index (Phi) is 6.34. The summed E-state index contributed by atoms with van der Waals surface area (Å²) in [5, 5.41) is 0.763. The summed E-state index contributed by atoms with van der Waals surface area (Å²) in [7, 11) is 0. The molecule has 0 amide bonds. The van der Waals surface area contributed by atoms with E-state index in [0.29, 0.717) is 36.8 Å². The van der Waals surface area contributed by atoms with Gasteiger partial charge in [-0.2, -0.15) is 0 Å². The predicted octanol–water partition coefficient (Wildman–Crippen LogP) is 7.13. The second kappa shape index (κ2) is 9.38. The van der Waals surface area contributed by atoms with Crippen molar-refractivity contribution in [1.82, 2.24) is 4.57 Å². The molecule has 3 aromatic carbocycles. The van der Waals surface area contributed by atoms with Gasteiger partial charge in [-0.25, -0.2) is 13.2 Å². The highest BCUT2D eigenvalue weighted by Gasteiger charge is 2.28. The highest BCUT2D eigenvalue weighted by molar-refractivity contribution is 14.1. The van der Waals surface area contributed by atoms with Crippen LogP contribution in [0.4, 0.5) is 13.2 Å². The Labute approximate surface area is 203 Å². The number of fused-ring (bicyclic) bond motifs is 1. The number of hydrogen-bond donors (Lipinski definition) is 0. The van der Waals surface area contributed by atoms with Gasteiger partial charge in [0.1, 0.15) is 18.2 Å². The van der Waals surface area contributed by atoms with Crippen molar-refractivity contribution >= 4 is 33.5 Å². The van der Waals surface area contributed by atoms with E-state index in [4.69, 9.17) is 9.47 Å². The normalized spacial score (nSPS) is 14.7. The van der Waals surface area contributed by atoms with Crippen molar-refractivity contribution in [2.24, 2.45) is 0 Å². The summed E-state index contributed by atoms with van der Waals surface area (Å²) in [4.78, 5) is 0. The lowest BCUT2D eigenvalue weighted by atomic mass is 9.96. The smallest absolute Gasteiger partial charge is 0.160 e. The molecule has 0 atom stereocenters. The van der Waals surface area contributed by atoms with Crippen LogP contribution in [0.25, 0.3) is 16.6 Å². The quantitative estimate of drug-likeness (QED) is 0.242. The number of hydrogen-bond acceptors (Lipinski definition) is 2. The second-order valence-corrected chi connectivity index (χ2v) is 9.17. The fourth-order valence-electron chi connectivity index (χ4n) is 4.41. The zero-order valence-corrected chi connectivity index (χ0v) is 19.8. The van der Waals surface area contributed by atoms with Gasteiger partial charge >= 0.3 is 0 Å². The SMILES string of the molecule is Fc1cc(OCc2ccccc2)c2c(I)c(C3CCOCC3)n(-c3ccc(F)c(F)c3)c2c1. The Morgan fingerprint density at radius 3 is 2.42 bits per heavy atom. The molecule has 5 rings (SSSR count). The maximum atomic E-state index is 14.8. The van der Waals surface area contributed by atoms with Crippen LogP contribution in [0.15, 0.2) is 60.7 Å². The number of halogens is 4. The molecule has 1 aliphatic heterocycles. The Bertz CT molecular complexity index is 1300. The van der Waals surface area contributed by atoms with Crippen LogP contribution < -0.4 is 4.74 Å².